The zero-order chi connectivity index (χ0) is 30.3. The van der Waals surface area contributed by atoms with Gasteiger partial charge in [0.1, 0.15) is 18.3 Å². The van der Waals surface area contributed by atoms with Crippen LogP contribution in [0.1, 0.15) is 50.2 Å². The Morgan fingerprint density at radius 2 is 1.67 bits per heavy atom. The van der Waals surface area contributed by atoms with Gasteiger partial charge in [-0.25, -0.2) is 8.42 Å². The van der Waals surface area contributed by atoms with Crippen LogP contribution < -0.4 is 14.4 Å². The summed E-state index contributed by atoms with van der Waals surface area (Å²) >= 11 is 6.02. The fourth-order valence-corrected chi connectivity index (χ4v) is 6.63. The fourth-order valence-electron chi connectivity index (χ4n) is 5.09. The molecular formula is C32H38ClN3O5S. The van der Waals surface area contributed by atoms with E-state index in [2.05, 4.69) is 5.32 Å². The lowest BCUT2D eigenvalue weighted by atomic mass is 9.95. The molecule has 2 amide bonds. The van der Waals surface area contributed by atoms with E-state index in [0.717, 1.165) is 47.5 Å². The van der Waals surface area contributed by atoms with Crippen molar-refractivity contribution < 1.29 is 22.7 Å². The molecule has 1 atom stereocenters. The lowest BCUT2D eigenvalue weighted by molar-refractivity contribution is -0.139. The highest BCUT2D eigenvalue weighted by molar-refractivity contribution is 7.92. The van der Waals surface area contributed by atoms with E-state index in [1.54, 1.807) is 50.4 Å². The highest BCUT2D eigenvalue weighted by Crippen LogP contribution is 2.26. The predicted octanol–water partition coefficient (Wildman–Crippen LogP) is 5.72. The number of benzene rings is 3. The first-order chi connectivity index (χ1) is 20.1. The number of hydrogen-bond acceptors (Lipinski definition) is 5. The summed E-state index contributed by atoms with van der Waals surface area (Å²) in [5, 5.41) is 3.51. The van der Waals surface area contributed by atoms with Gasteiger partial charge in [-0.15, -0.1) is 0 Å². The Bertz CT molecular complexity index is 1470. The summed E-state index contributed by atoms with van der Waals surface area (Å²) in [6.45, 7) is 3.17. The lowest BCUT2D eigenvalue weighted by Crippen LogP contribution is -2.53. The van der Waals surface area contributed by atoms with Crippen LogP contribution in [0, 0.1) is 6.92 Å². The molecule has 1 fully saturated rings. The minimum Gasteiger partial charge on any atom is -0.497 e. The van der Waals surface area contributed by atoms with Crippen molar-refractivity contribution in [2.24, 2.45) is 0 Å². The third-order valence-electron chi connectivity index (χ3n) is 7.61. The third kappa shape index (κ3) is 7.83. The zero-order valence-electron chi connectivity index (χ0n) is 24.3. The summed E-state index contributed by atoms with van der Waals surface area (Å²) in [6.07, 6.45) is 5.07. The topological polar surface area (TPSA) is 96.0 Å². The number of methoxy groups -OCH3 is 1. The van der Waals surface area contributed by atoms with E-state index in [-0.39, 0.29) is 23.4 Å². The number of amides is 2. The van der Waals surface area contributed by atoms with Crippen molar-refractivity contribution in [2.75, 3.05) is 18.0 Å². The number of carbonyl (C=O) groups excluding carboxylic acids is 2. The van der Waals surface area contributed by atoms with E-state index in [4.69, 9.17) is 16.3 Å². The molecule has 1 aliphatic carbocycles. The van der Waals surface area contributed by atoms with E-state index in [1.807, 2.05) is 19.1 Å². The van der Waals surface area contributed by atoms with Gasteiger partial charge in [0, 0.05) is 17.6 Å². The second-order valence-electron chi connectivity index (χ2n) is 10.7. The summed E-state index contributed by atoms with van der Waals surface area (Å²) in [5.41, 5.74) is 2.04. The Morgan fingerprint density at radius 1 is 1.00 bits per heavy atom. The molecule has 0 bridgehead atoms. The minimum atomic E-state index is -4.16. The quantitative estimate of drug-likeness (QED) is 0.299. The summed E-state index contributed by atoms with van der Waals surface area (Å²) in [5.74, 6) is -0.159. The van der Waals surface area contributed by atoms with Crippen molar-refractivity contribution in [3.8, 4) is 5.75 Å². The van der Waals surface area contributed by atoms with Crippen molar-refractivity contribution in [3.05, 3.63) is 88.9 Å². The van der Waals surface area contributed by atoms with Gasteiger partial charge in [0.2, 0.25) is 11.8 Å². The smallest absolute Gasteiger partial charge is 0.264 e. The van der Waals surface area contributed by atoms with Crippen LogP contribution in [0.5, 0.6) is 5.75 Å². The fraction of sp³-hybridized carbons (Fsp3) is 0.375. The van der Waals surface area contributed by atoms with Gasteiger partial charge in [-0.1, -0.05) is 60.7 Å². The molecule has 0 radical (unpaired) electrons. The molecule has 0 aromatic heterocycles. The number of hydrogen-bond donors (Lipinski definition) is 1. The van der Waals surface area contributed by atoms with E-state index in [1.165, 1.54) is 29.2 Å². The summed E-state index contributed by atoms with van der Waals surface area (Å²) in [6, 6.07) is 19.2. The number of nitrogens with one attached hydrogen (secondary N) is 1. The molecule has 1 aliphatic rings. The first kappa shape index (κ1) is 31.4. The molecule has 0 heterocycles. The Balaban J connectivity index is 1.68. The van der Waals surface area contributed by atoms with Gasteiger partial charge in [0.15, 0.2) is 0 Å². The van der Waals surface area contributed by atoms with Crippen LogP contribution in [-0.2, 0) is 26.2 Å². The number of ether oxygens (including phenoxy) is 1. The molecule has 8 nitrogen and oxygen atoms in total. The van der Waals surface area contributed by atoms with Crippen molar-refractivity contribution >= 4 is 39.1 Å². The van der Waals surface area contributed by atoms with E-state index in [9.17, 15) is 18.0 Å². The summed E-state index contributed by atoms with van der Waals surface area (Å²) < 4.78 is 34.3. The SMILES string of the molecule is COc1cccc(CN(C(=O)CN(c2ccc(C)cc2)S(=O)(=O)c2ccc(Cl)cc2)[C@H](C)C(=O)NC2CCCCC2)c1. The molecule has 0 aliphatic heterocycles. The molecule has 42 heavy (non-hydrogen) atoms. The molecule has 3 aromatic rings. The number of aryl methyl sites for hydroxylation is 1. The number of sulfonamides is 1. The maximum Gasteiger partial charge on any atom is 0.264 e. The van der Waals surface area contributed by atoms with Crippen LogP contribution in [0.3, 0.4) is 0 Å². The highest BCUT2D eigenvalue weighted by atomic mass is 35.5. The molecular weight excluding hydrogens is 574 g/mol. The maximum atomic E-state index is 14.1. The first-order valence-electron chi connectivity index (χ1n) is 14.2. The van der Waals surface area contributed by atoms with Gasteiger partial charge in [-0.05, 0) is 80.8 Å². The molecule has 0 spiro atoms. The second-order valence-corrected chi connectivity index (χ2v) is 13.0. The van der Waals surface area contributed by atoms with Crippen molar-refractivity contribution in [1.29, 1.82) is 0 Å². The van der Waals surface area contributed by atoms with Crippen molar-refractivity contribution in [3.63, 3.8) is 0 Å². The Hall–Kier alpha value is -3.56. The van der Waals surface area contributed by atoms with Crippen LogP contribution in [-0.4, -0.2) is 50.9 Å². The predicted molar refractivity (Wildman–Crippen MR) is 165 cm³/mol. The van der Waals surface area contributed by atoms with Gasteiger partial charge in [-0.3, -0.25) is 13.9 Å². The number of rotatable bonds is 11. The van der Waals surface area contributed by atoms with Crippen molar-refractivity contribution in [1.82, 2.24) is 10.2 Å². The van der Waals surface area contributed by atoms with Crippen LogP contribution in [0.15, 0.2) is 77.7 Å². The van der Waals surface area contributed by atoms with Crippen LogP contribution in [0.25, 0.3) is 0 Å². The standard InChI is InChI=1S/C32H38ClN3O5S/c1-23-12-16-28(17-13-23)36(42(39,40)30-18-14-26(33)15-19-30)22-31(37)35(21-25-8-7-11-29(20-25)41-3)24(2)32(38)34-27-9-5-4-6-10-27/h7-8,11-20,24,27H,4-6,9-10,21-22H2,1-3H3,(H,34,38)/t24-/m1/s1. The number of halogens is 1. The number of anilines is 1. The molecule has 0 saturated heterocycles. The van der Waals surface area contributed by atoms with Gasteiger partial charge in [0.25, 0.3) is 10.0 Å². The third-order valence-corrected chi connectivity index (χ3v) is 9.65. The van der Waals surface area contributed by atoms with E-state index < -0.39 is 28.5 Å². The maximum absolute atomic E-state index is 14.1. The Labute approximate surface area is 253 Å². The van der Waals surface area contributed by atoms with Gasteiger partial charge in [-0.2, -0.15) is 0 Å². The summed E-state index contributed by atoms with van der Waals surface area (Å²) in [7, 11) is -2.60. The Kier molecular flexibility index (Phi) is 10.5. The van der Waals surface area contributed by atoms with Crippen LogP contribution in [0.2, 0.25) is 5.02 Å². The first-order valence-corrected chi connectivity index (χ1v) is 16.0. The molecule has 224 valence electrons. The Morgan fingerprint density at radius 3 is 2.31 bits per heavy atom. The van der Waals surface area contributed by atoms with Crippen LogP contribution in [0.4, 0.5) is 5.69 Å². The molecule has 0 unspecified atom stereocenters. The van der Waals surface area contributed by atoms with Gasteiger partial charge < -0.3 is 15.0 Å². The average molecular weight is 612 g/mol. The minimum absolute atomic E-state index is 0.00251. The molecule has 1 saturated carbocycles. The van der Waals surface area contributed by atoms with Crippen molar-refractivity contribution in [2.45, 2.75) is 69.5 Å². The molecule has 1 N–H and O–H groups in total. The molecule has 4 rings (SSSR count). The van der Waals surface area contributed by atoms with Gasteiger partial charge >= 0.3 is 0 Å². The summed E-state index contributed by atoms with van der Waals surface area (Å²) in [4.78, 5) is 29.0. The van der Waals surface area contributed by atoms with E-state index >= 15 is 0 Å². The number of carbonyl (C=O) groups is 2. The normalized spacial score (nSPS) is 14.6. The number of nitrogens with zero attached hydrogens (tertiary/aromatic N) is 2. The highest BCUT2D eigenvalue weighted by Gasteiger charge is 2.33. The lowest BCUT2D eigenvalue weighted by Gasteiger charge is -2.33. The molecule has 3 aromatic carbocycles. The second kappa shape index (κ2) is 14.1. The van der Waals surface area contributed by atoms with Crippen LogP contribution >= 0.6 is 11.6 Å². The largest absolute Gasteiger partial charge is 0.497 e. The monoisotopic (exact) mass is 611 g/mol. The molecule has 10 heteroatoms. The van der Waals surface area contributed by atoms with E-state index in [0.29, 0.717) is 16.5 Å². The van der Waals surface area contributed by atoms with Gasteiger partial charge in [0.05, 0.1) is 17.7 Å². The average Bonchev–Trinajstić information content (AvgIpc) is 2.99. The zero-order valence-corrected chi connectivity index (χ0v) is 25.8.